The molecular formula is C18H24N2O6S. The molecule has 0 saturated carbocycles. The summed E-state index contributed by atoms with van der Waals surface area (Å²) in [5, 5.41) is 6.47. The van der Waals surface area contributed by atoms with E-state index in [1.807, 2.05) is 0 Å². The molecule has 1 aliphatic heterocycles. The smallest absolute Gasteiger partial charge is 0.338 e. The minimum atomic E-state index is -0.539. The molecule has 9 heteroatoms. The largest absolute Gasteiger partial charge is 0.493 e. The molecule has 2 rings (SSSR count). The molecule has 0 bridgehead atoms. The minimum absolute atomic E-state index is 0.151. The molecule has 0 aliphatic carbocycles. The second-order valence-electron chi connectivity index (χ2n) is 5.66. The molecule has 0 aromatic heterocycles. The van der Waals surface area contributed by atoms with Gasteiger partial charge >= 0.3 is 5.97 Å². The van der Waals surface area contributed by atoms with E-state index in [0.29, 0.717) is 45.8 Å². The summed E-state index contributed by atoms with van der Waals surface area (Å²) >= 11 is 5.26. The fourth-order valence-electron chi connectivity index (χ4n) is 2.78. The number of esters is 1. The van der Waals surface area contributed by atoms with Crippen LogP contribution in [0.3, 0.4) is 0 Å². The van der Waals surface area contributed by atoms with E-state index >= 15 is 0 Å². The van der Waals surface area contributed by atoms with Crippen molar-refractivity contribution in [3.63, 3.8) is 0 Å². The highest BCUT2D eigenvalue weighted by Gasteiger charge is 2.32. The molecule has 0 unspecified atom stereocenters. The normalized spacial score (nSPS) is 16.3. The summed E-state index contributed by atoms with van der Waals surface area (Å²) in [6.07, 6.45) is 0. The summed E-state index contributed by atoms with van der Waals surface area (Å²) < 4.78 is 26.4. The fraction of sp³-hybridized carbons (Fsp3) is 0.444. The van der Waals surface area contributed by atoms with Crippen molar-refractivity contribution in [1.82, 2.24) is 10.6 Å². The quantitative estimate of drug-likeness (QED) is 0.387. The van der Waals surface area contributed by atoms with Crippen LogP contribution in [-0.4, -0.2) is 52.7 Å². The average Bonchev–Trinajstić information content (AvgIpc) is 2.66. The zero-order chi connectivity index (χ0) is 20.0. The van der Waals surface area contributed by atoms with Gasteiger partial charge in [-0.05, 0) is 36.8 Å². The number of ether oxygens (including phenoxy) is 5. The molecule has 1 aromatic rings. The number of carbonyl (C=O) groups is 1. The predicted octanol–water partition coefficient (Wildman–Crippen LogP) is 1.69. The lowest BCUT2D eigenvalue weighted by atomic mass is 9.95. The predicted molar refractivity (Wildman–Crippen MR) is 103 cm³/mol. The van der Waals surface area contributed by atoms with Crippen molar-refractivity contribution in [3.05, 3.63) is 29.0 Å². The van der Waals surface area contributed by atoms with Gasteiger partial charge in [0.05, 0.1) is 39.6 Å². The van der Waals surface area contributed by atoms with E-state index in [1.54, 1.807) is 26.2 Å². The molecule has 1 heterocycles. The number of allylic oxidation sites excluding steroid dienone is 1. The van der Waals surface area contributed by atoms with Gasteiger partial charge in [0.25, 0.3) is 0 Å². The van der Waals surface area contributed by atoms with Crippen LogP contribution in [0.25, 0.3) is 0 Å². The number of hydrogen-bond acceptors (Lipinski definition) is 7. The standard InChI is InChI=1S/C18H24N2O6S/c1-10-14(17(21)26-7-6-22-2)15(20-18(27)19-10)11-8-12(23-3)16(25-5)13(9-11)24-4/h8-9,15H,6-7H2,1-5H3,(H2,19,20,27)/t15-/m0/s1. The lowest BCUT2D eigenvalue weighted by Gasteiger charge is -2.30. The summed E-state index contributed by atoms with van der Waals surface area (Å²) in [5.74, 6) is 0.946. The fourth-order valence-corrected chi connectivity index (χ4v) is 3.05. The van der Waals surface area contributed by atoms with Crippen LogP contribution >= 0.6 is 12.2 Å². The summed E-state index contributed by atoms with van der Waals surface area (Å²) in [6, 6.07) is 2.99. The first-order valence-corrected chi connectivity index (χ1v) is 8.61. The molecule has 1 aliphatic rings. The highest BCUT2D eigenvalue weighted by atomic mass is 32.1. The van der Waals surface area contributed by atoms with E-state index in [0.717, 1.165) is 0 Å². The van der Waals surface area contributed by atoms with Crippen LogP contribution in [0.1, 0.15) is 18.5 Å². The number of rotatable bonds is 8. The van der Waals surface area contributed by atoms with E-state index in [4.69, 9.17) is 35.9 Å². The first-order valence-electron chi connectivity index (χ1n) is 8.21. The number of thiocarbonyl (C=S) groups is 1. The summed E-state index contributed by atoms with van der Waals surface area (Å²) in [7, 11) is 6.13. The number of hydrogen-bond donors (Lipinski definition) is 2. The monoisotopic (exact) mass is 396 g/mol. The van der Waals surface area contributed by atoms with Gasteiger partial charge in [-0.25, -0.2) is 4.79 Å². The first-order chi connectivity index (χ1) is 13.0. The average molecular weight is 396 g/mol. The second kappa shape index (κ2) is 9.43. The molecule has 148 valence electrons. The molecule has 0 amide bonds. The molecular weight excluding hydrogens is 372 g/mol. The van der Waals surface area contributed by atoms with Gasteiger partial charge < -0.3 is 34.3 Å². The van der Waals surface area contributed by atoms with Gasteiger partial charge in [0, 0.05) is 12.8 Å². The Balaban J connectivity index is 2.48. The van der Waals surface area contributed by atoms with E-state index in [1.165, 1.54) is 21.3 Å². The third kappa shape index (κ3) is 4.61. The molecule has 2 N–H and O–H groups in total. The highest BCUT2D eigenvalue weighted by molar-refractivity contribution is 7.80. The van der Waals surface area contributed by atoms with Crippen molar-refractivity contribution < 1.29 is 28.5 Å². The minimum Gasteiger partial charge on any atom is -0.493 e. The highest BCUT2D eigenvalue weighted by Crippen LogP contribution is 2.41. The lowest BCUT2D eigenvalue weighted by molar-refractivity contribution is -0.140. The van der Waals surface area contributed by atoms with E-state index in [2.05, 4.69) is 10.6 Å². The van der Waals surface area contributed by atoms with Crippen molar-refractivity contribution in [3.8, 4) is 17.2 Å². The van der Waals surface area contributed by atoms with Gasteiger partial charge in [-0.3, -0.25) is 0 Å². The molecule has 27 heavy (non-hydrogen) atoms. The Labute approximate surface area is 163 Å². The van der Waals surface area contributed by atoms with Gasteiger partial charge in [0.1, 0.15) is 6.61 Å². The Kier molecular flexibility index (Phi) is 7.26. The summed E-state index contributed by atoms with van der Waals surface area (Å²) in [6.45, 7) is 2.23. The molecule has 1 atom stereocenters. The summed E-state index contributed by atoms with van der Waals surface area (Å²) in [4.78, 5) is 12.7. The van der Waals surface area contributed by atoms with Gasteiger partial charge in [-0.1, -0.05) is 0 Å². The molecule has 8 nitrogen and oxygen atoms in total. The Morgan fingerprint density at radius 2 is 1.70 bits per heavy atom. The molecule has 0 radical (unpaired) electrons. The van der Waals surface area contributed by atoms with Gasteiger partial charge in [0.2, 0.25) is 5.75 Å². The third-order valence-corrected chi connectivity index (χ3v) is 4.25. The Hall–Kier alpha value is -2.52. The maximum atomic E-state index is 12.7. The van der Waals surface area contributed by atoms with E-state index in [9.17, 15) is 4.79 Å². The van der Waals surface area contributed by atoms with Crippen LogP contribution in [0.15, 0.2) is 23.4 Å². The molecule has 0 spiro atoms. The number of benzene rings is 1. The van der Waals surface area contributed by atoms with Gasteiger partial charge in [-0.15, -0.1) is 0 Å². The SMILES string of the molecule is COCCOC(=O)C1=C(C)NC(=S)N[C@H]1c1cc(OC)c(OC)c(OC)c1. The third-order valence-electron chi connectivity index (χ3n) is 4.03. The van der Waals surface area contributed by atoms with Crippen LogP contribution in [0, 0.1) is 0 Å². The van der Waals surface area contributed by atoms with Crippen LogP contribution in [0.2, 0.25) is 0 Å². The van der Waals surface area contributed by atoms with Gasteiger partial charge in [0.15, 0.2) is 16.6 Å². The van der Waals surface area contributed by atoms with Crippen LogP contribution in [0.5, 0.6) is 17.2 Å². The lowest BCUT2D eigenvalue weighted by Crippen LogP contribution is -2.45. The van der Waals surface area contributed by atoms with E-state index in [-0.39, 0.29) is 6.61 Å². The maximum absolute atomic E-state index is 12.7. The maximum Gasteiger partial charge on any atom is 0.338 e. The Morgan fingerprint density at radius 1 is 1.07 bits per heavy atom. The second-order valence-corrected chi connectivity index (χ2v) is 6.07. The van der Waals surface area contributed by atoms with Crippen LogP contribution in [-0.2, 0) is 14.3 Å². The Bertz CT molecular complexity index is 724. The van der Waals surface area contributed by atoms with Crippen LogP contribution in [0.4, 0.5) is 0 Å². The molecule has 0 saturated heterocycles. The van der Waals surface area contributed by atoms with Crippen molar-refractivity contribution in [2.75, 3.05) is 41.7 Å². The molecule has 1 aromatic carbocycles. The van der Waals surface area contributed by atoms with Crippen LogP contribution < -0.4 is 24.8 Å². The van der Waals surface area contributed by atoms with Crippen molar-refractivity contribution in [2.24, 2.45) is 0 Å². The number of carbonyl (C=O) groups excluding carboxylic acids is 1. The summed E-state index contributed by atoms with van der Waals surface area (Å²) in [5.41, 5.74) is 1.74. The van der Waals surface area contributed by atoms with Crippen molar-refractivity contribution >= 4 is 23.3 Å². The molecule has 0 fully saturated rings. The zero-order valence-electron chi connectivity index (χ0n) is 16.0. The van der Waals surface area contributed by atoms with E-state index < -0.39 is 12.0 Å². The number of methoxy groups -OCH3 is 4. The Morgan fingerprint density at radius 3 is 2.22 bits per heavy atom. The van der Waals surface area contributed by atoms with Gasteiger partial charge in [-0.2, -0.15) is 0 Å². The first kappa shape index (κ1) is 20.8. The van der Waals surface area contributed by atoms with Crippen molar-refractivity contribution in [2.45, 2.75) is 13.0 Å². The number of nitrogens with one attached hydrogen (secondary N) is 2. The zero-order valence-corrected chi connectivity index (χ0v) is 16.8. The topological polar surface area (TPSA) is 87.3 Å². The van der Waals surface area contributed by atoms with Crippen molar-refractivity contribution in [1.29, 1.82) is 0 Å².